The Labute approximate surface area is 129 Å². The van der Waals surface area contributed by atoms with Crippen molar-refractivity contribution in [2.75, 3.05) is 0 Å². The molecule has 114 valence electrons. The van der Waals surface area contributed by atoms with Gasteiger partial charge in [0.05, 0.1) is 6.04 Å². The van der Waals surface area contributed by atoms with E-state index in [0.717, 1.165) is 11.1 Å². The third kappa shape index (κ3) is 4.34. The van der Waals surface area contributed by atoms with Crippen LogP contribution in [0, 0.1) is 0 Å². The zero-order valence-electron chi connectivity index (χ0n) is 12.4. The molecule has 2 rings (SSSR count). The normalized spacial score (nSPS) is 11.5. The summed E-state index contributed by atoms with van der Waals surface area (Å²) in [7, 11) is 0. The molecule has 0 aliphatic rings. The summed E-state index contributed by atoms with van der Waals surface area (Å²) in [5.74, 6) is -0.482. The number of nitrogens with one attached hydrogen (secondary N) is 2. The molecule has 0 aromatic heterocycles. The molecule has 5 heteroatoms. The van der Waals surface area contributed by atoms with Gasteiger partial charge in [-0.05, 0) is 30.2 Å². The van der Waals surface area contributed by atoms with E-state index in [1.807, 2.05) is 43.3 Å². The van der Waals surface area contributed by atoms with Crippen LogP contribution in [0.2, 0.25) is 0 Å². The molecule has 0 heterocycles. The van der Waals surface area contributed by atoms with Crippen molar-refractivity contribution >= 4 is 11.9 Å². The molecule has 4 N–H and O–H groups in total. The lowest BCUT2D eigenvalue weighted by atomic mass is 10.1. The maximum absolute atomic E-state index is 11.9. The molecule has 3 amide bonds. The Kier molecular flexibility index (Phi) is 5.14. The van der Waals surface area contributed by atoms with Crippen LogP contribution >= 0.6 is 0 Å². The van der Waals surface area contributed by atoms with Gasteiger partial charge >= 0.3 is 6.03 Å². The molecule has 0 saturated carbocycles. The van der Waals surface area contributed by atoms with Crippen molar-refractivity contribution in [3.8, 4) is 0 Å². The Morgan fingerprint density at radius 3 is 2.50 bits per heavy atom. The van der Waals surface area contributed by atoms with Crippen LogP contribution in [0.1, 0.15) is 34.5 Å². The van der Waals surface area contributed by atoms with Crippen molar-refractivity contribution in [1.82, 2.24) is 10.6 Å². The molecule has 1 atom stereocenters. The van der Waals surface area contributed by atoms with Crippen molar-refractivity contribution in [3.63, 3.8) is 0 Å². The lowest BCUT2D eigenvalue weighted by molar-refractivity contribution is 0.1000. The van der Waals surface area contributed by atoms with Gasteiger partial charge in [0.25, 0.3) is 0 Å². The molecule has 22 heavy (non-hydrogen) atoms. The largest absolute Gasteiger partial charge is 0.366 e. The van der Waals surface area contributed by atoms with Gasteiger partial charge in [-0.25, -0.2) is 4.79 Å². The summed E-state index contributed by atoms with van der Waals surface area (Å²) in [5, 5.41) is 5.63. The summed E-state index contributed by atoms with van der Waals surface area (Å²) in [6.07, 6.45) is 0. The summed E-state index contributed by atoms with van der Waals surface area (Å²) >= 11 is 0. The third-order valence-corrected chi connectivity index (χ3v) is 3.31. The van der Waals surface area contributed by atoms with E-state index in [-0.39, 0.29) is 12.1 Å². The summed E-state index contributed by atoms with van der Waals surface area (Å²) in [6.45, 7) is 2.25. The number of rotatable bonds is 5. The molecule has 1 unspecified atom stereocenters. The number of nitrogens with two attached hydrogens (primary N) is 1. The van der Waals surface area contributed by atoms with E-state index in [1.165, 1.54) is 0 Å². The first-order valence-electron chi connectivity index (χ1n) is 7.04. The fraction of sp³-hybridized carbons (Fsp3) is 0.176. The van der Waals surface area contributed by atoms with Crippen LogP contribution in [0.25, 0.3) is 0 Å². The monoisotopic (exact) mass is 297 g/mol. The summed E-state index contributed by atoms with van der Waals surface area (Å²) in [4.78, 5) is 23.0. The second-order valence-electron chi connectivity index (χ2n) is 5.02. The number of amides is 3. The molecular formula is C17H19N3O2. The number of hydrogen-bond acceptors (Lipinski definition) is 2. The highest BCUT2D eigenvalue weighted by Gasteiger charge is 2.09. The number of urea groups is 1. The van der Waals surface area contributed by atoms with Crippen molar-refractivity contribution < 1.29 is 9.59 Å². The molecule has 2 aromatic rings. The number of benzene rings is 2. The van der Waals surface area contributed by atoms with Gasteiger partial charge in [0, 0.05) is 12.1 Å². The summed E-state index contributed by atoms with van der Waals surface area (Å²) in [5.41, 5.74) is 7.51. The van der Waals surface area contributed by atoms with E-state index in [1.54, 1.807) is 18.2 Å². The zero-order chi connectivity index (χ0) is 15.9. The second kappa shape index (κ2) is 7.26. The van der Waals surface area contributed by atoms with Crippen molar-refractivity contribution in [2.45, 2.75) is 19.5 Å². The Morgan fingerprint density at radius 2 is 1.82 bits per heavy atom. The molecule has 0 fully saturated rings. The smallest absolute Gasteiger partial charge is 0.315 e. The first-order chi connectivity index (χ1) is 10.6. The van der Waals surface area contributed by atoms with E-state index in [4.69, 9.17) is 5.73 Å². The molecule has 0 radical (unpaired) electrons. The maximum Gasteiger partial charge on any atom is 0.315 e. The second-order valence-corrected chi connectivity index (χ2v) is 5.02. The van der Waals surface area contributed by atoms with Crippen LogP contribution in [0.3, 0.4) is 0 Å². The summed E-state index contributed by atoms with van der Waals surface area (Å²) in [6, 6.07) is 16.2. The highest BCUT2D eigenvalue weighted by Crippen LogP contribution is 2.10. The molecule has 2 aromatic carbocycles. The van der Waals surface area contributed by atoms with Crippen LogP contribution < -0.4 is 16.4 Å². The fourth-order valence-corrected chi connectivity index (χ4v) is 2.09. The van der Waals surface area contributed by atoms with Crippen LogP contribution in [0.5, 0.6) is 0 Å². The number of carbonyl (C=O) groups is 2. The minimum atomic E-state index is -0.482. The third-order valence-electron chi connectivity index (χ3n) is 3.31. The standard InChI is InChI=1S/C17H19N3O2/c1-12(14-7-3-2-4-8-14)20-17(22)19-11-13-6-5-9-15(10-13)16(18)21/h2-10,12H,11H2,1H3,(H2,18,21)(H2,19,20,22). The average molecular weight is 297 g/mol. The van der Waals surface area contributed by atoms with Gasteiger partial charge in [-0.1, -0.05) is 42.5 Å². The van der Waals surface area contributed by atoms with E-state index in [9.17, 15) is 9.59 Å². The lowest BCUT2D eigenvalue weighted by Gasteiger charge is -2.15. The van der Waals surface area contributed by atoms with Crippen LogP contribution in [0.15, 0.2) is 54.6 Å². The van der Waals surface area contributed by atoms with Gasteiger partial charge < -0.3 is 16.4 Å². The average Bonchev–Trinajstić information content (AvgIpc) is 2.54. The van der Waals surface area contributed by atoms with Crippen molar-refractivity contribution in [3.05, 3.63) is 71.3 Å². The zero-order valence-corrected chi connectivity index (χ0v) is 12.4. The minimum absolute atomic E-state index is 0.0850. The first kappa shape index (κ1) is 15.6. The Morgan fingerprint density at radius 1 is 1.09 bits per heavy atom. The van der Waals surface area contributed by atoms with Crippen LogP contribution in [-0.4, -0.2) is 11.9 Å². The van der Waals surface area contributed by atoms with Gasteiger partial charge in [0.1, 0.15) is 0 Å². The highest BCUT2D eigenvalue weighted by atomic mass is 16.2. The predicted octanol–water partition coefficient (Wildman–Crippen LogP) is 2.35. The topological polar surface area (TPSA) is 84.2 Å². The Balaban J connectivity index is 1.88. The van der Waals surface area contributed by atoms with Crippen LogP contribution in [-0.2, 0) is 6.54 Å². The van der Waals surface area contributed by atoms with Crippen molar-refractivity contribution in [2.24, 2.45) is 5.73 Å². The van der Waals surface area contributed by atoms with Gasteiger partial charge in [0.15, 0.2) is 0 Å². The highest BCUT2D eigenvalue weighted by molar-refractivity contribution is 5.92. The Hall–Kier alpha value is -2.82. The van der Waals surface area contributed by atoms with Gasteiger partial charge in [-0.3, -0.25) is 4.79 Å². The lowest BCUT2D eigenvalue weighted by Crippen LogP contribution is -2.36. The van der Waals surface area contributed by atoms with Gasteiger partial charge in [-0.2, -0.15) is 0 Å². The Bertz CT molecular complexity index is 656. The quantitative estimate of drug-likeness (QED) is 0.791. The van der Waals surface area contributed by atoms with E-state index in [0.29, 0.717) is 12.1 Å². The molecular weight excluding hydrogens is 278 g/mol. The molecule has 0 aliphatic carbocycles. The summed E-state index contributed by atoms with van der Waals surface area (Å²) < 4.78 is 0. The van der Waals surface area contributed by atoms with E-state index >= 15 is 0 Å². The first-order valence-corrected chi connectivity index (χ1v) is 7.04. The van der Waals surface area contributed by atoms with Gasteiger partial charge in [-0.15, -0.1) is 0 Å². The molecule has 0 spiro atoms. The maximum atomic E-state index is 11.9. The molecule has 0 saturated heterocycles. The molecule has 0 aliphatic heterocycles. The predicted molar refractivity (Wildman–Crippen MR) is 85.2 cm³/mol. The fourth-order valence-electron chi connectivity index (χ4n) is 2.09. The number of hydrogen-bond donors (Lipinski definition) is 3. The van der Waals surface area contributed by atoms with Crippen molar-refractivity contribution in [1.29, 1.82) is 0 Å². The number of carbonyl (C=O) groups excluding carboxylic acids is 2. The minimum Gasteiger partial charge on any atom is -0.366 e. The van der Waals surface area contributed by atoms with E-state index in [2.05, 4.69) is 10.6 Å². The SMILES string of the molecule is CC(NC(=O)NCc1cccc(C(N)=O)c1)c1ccccc1. The van der Waals surface area contributed by atoms with Crippen LogP contribution in [0.4, 0.5) is 4.79 Å². The van der Waals surface area contributed by atoms with Gasteiger partial charge in [0.2, 0.25) is 5.91 Å². The molecule has 0 bridgehead atoms. The molecule has 5 nitrogen and oxygen atoms in total. The van der Waals surface area contributed by atoms with E-state index < -0.39 is 5.91 Å². The number of primary amides is 1.